The highest BCUT2D eigenvalue weighted by Crippen LogP contribution is 2.26. The highest BCUT2D eigenvalue weighted by molar-refractivity contribution is 6.30. The van der Waals surface area contributed by atoms with Crippen molar-refractivity contribution in [2.45, 2.75) is 32.2 Å². The van der Waals surface area contributed by atoms with Gasteiger partial charge in [-0.15, -0.1) is 10.2 Å². The second kappa shape index (κ2) is 7.84. The Bertz CT molecular complexity index is 1140. The first-order valence-electron chi connectivity index (χ1n) is 9.07. The Morgan fingerprint density at radius 2 is 2.00 bits per heavy atom. The molecule has 3 heterocycles. The molecule has 0 spiro atoms. The second-order valence-electron chi connectivity index (χ2n) is 6.82. The summed E-state index contributed by atoms with van der Waals surface area (Å²) in [5.74, 6) is 0.0224. The van der Waals surface area contributed by atoms with Crippen LogP contribution >= 0.6 is 11.6 Å². The lowest BCUT2D eigenvalue weighted by Crippen LogP contribution is -2.46. The summed E-state index contributed by atoms with van der Waals surface area (Å²) in [6.45, 7) is 1.67. The zero-order chi connectivity index (χ0) is 21.4. The predicted octanol–water partition coefficient (Wildman–Crippen LogP) is 0.409. The van der Waals surface area contributed by atoms with Crippen molar-refractivity contribution >= 4 is 23.2 Å². The summed E-state index contributed by atoms with van der Waals surface area (Å²) < 4.78 is 6.66. The zero-order valence-electron chi connectivity index (χ0n) is 16.1. The van der Waals surface area contributed by atoms with Gasteiger partial charge in [0.25, 0.3) is 11.5 Å². The first kappa shape index (κ1) is 20.0. The topological polar surface area (TPSA) is 128 Å². The first-order valence-corrected chi connectivity index (χ1v) is 9.45. The van der Waals surface area contributed by atoms with Gasteiger partial charge < -0.3 is 14.7 Å². The Labute approximate surface area is 175 Å². The summed E-state index contributed by atoms with van der Waals surface area (Å²) in [5, 5.41) is 22.9. The van der Waals surface area contributed by atoms with E-state index in [9.17, 15) is 14.7 Å². The van der Waals surface area contributed by atoms with E-state index in [2.05, 4.69) is 20.4 Å². The number of likely N-dealkylation sites (N-methyl/N-ethyl adjacent to an activating group) is 1. The number of carbonyl (C=O) groups is 1. The molecule has 2 atom stereocenters. The molecule has 0 radical (unpaired) electrons. The second-order valence-corrected chi connectivity index (χ2v) is 7.25. The molecule has 1 aromatic carbocycles. The average molecular weight is 432 g/mol. The molecule has 1 aliphatic heterocycles. The highest BCUT2D eigenvalue weighted by atomic mass is 35.5. The van der Waals surface area contributed by atoms with Crippen molar-refractivity contribution in [2.75, 3.05) is 11.9 Å². The zero-order valence-corrected chi connectivity index (χ0v) is 16.9. The number of halogens is 1. The van der Waals surface area contributed by atoms with Crippen LogP contribution in [0, 0.1) is 0 Å². The van der Waals surface area contributed by atoms with Crippen molar-refractivity contribution in [2.24, 2.45) is 0 Å². The molecule has 0 aliphatic carbocycles. The summed E-state index contributed by atoms with van der Waals surface area (Å²) in [5.41, 5.74) is 0.266. The molecule has 1 N–H and O–H groups in total. The van der Waals surface area contributed by atoms with Gasteiger partial charge in [-0.3, -0.25) is 14.2 Å². The van der Waals surface area contributed by atoms with E-state index in [1.807, 2.05) is 0 Å². The fraction of sp³-hybridized carbons (Fsp3) is 0.333. The molecule has 2 aromatic heterocycles. The van der Waals surface area contributed by atoms with Gasteiger partial charge in [-0.05, 0) is 29.8 Å². The van der Waals surface area contributed by atoms with Crippen molar-refractivity contribution in [3.63, 3.8) is 0 Å². The van der Waals surface area contributed by atoms with Gasteiger partial charge in [0.15, 0.2) is 17.6 Å². The summed E-state index contributed by atoms with van der Waals surface area (Å²) in [7, 11) is 1.50. The van der Waals surface area contributed by atoms with Gasteiger partial charge in [0.2, 0.25) is 5.88 Å². The number of hydrogen-bond donors (Lipinski definition) is 1. The van der Waals surface area contributed by atoms with Gasteiger partial charge in [0.05, 0.1) is 13.1 Å². The molecule has 0 saturated carbocycles. The molecule has 0 saturated heterocycles. The molecule has 4 rings (SSSR count). The number of tetrazole rings is 1. The van der Waals surface area contributed by atoms with E-state index < -0.39 is 17.8 Å². The Morgan fingerprint density at radius 3 is 2.73 bits per heavy atom. The Balaban J connectivity index is 1.51. The van der Waals surface area contributed by atoms with Crippen molar-refractivity contribution in [1.29, 1.82) is 0 Å². The molecule has 30 heavy (non-hydrogen) atoms. The summed E-state index contributed by atoms with van der Waals surface area (Å²) in [6, 6.07) is 6.79. The fourth-order valence-electron chi connectivity index (χ4n) is 3.06. The normalized spacial score (nSPS) is 16.9. The molecular formula is C18H18ClN7O4. The van der Waals surface area contributed by atoms with Gasteiger partial charge >= 0.3 is 0 Å². The number of nitrogens with zero attached hydrogens (tertiary/aromatic N) is 7. The highest BCUT2D eigenvalue weighted by Gasteiger charge is 2.33. The maximum Gasteiger partial charge on any atom is 0.281 e. The molecule has 0 bridgehead atoms. The van der Waals surface area contributed by atoms with E-state index in [-0.39, 0.29) is 36.4 Å². The number of anilines is 1. The number of rotatable bonds is 5. The van der Waals surface area contributed by atoms with E-state index in [1.165, 1.54) is 27.6 Å². The molecule has 12 heteroatoms. The monoisotopic (exact) mass is 431 g/mol. The molecule has 0 fully saturated rings. The summed E-state index contributed by atoms with van der Waals surface area (Å²) in [4.78, 5) is 31.5. The molecule has 156 valence electrons. The standard InChI is InChI=1S/C18H18ClN7O4/c1-10-17(28)24(2)15-16(30-10)20-9-25(18(15)29)8-14-21-23-26(22-14)7-13(27)11-3-5-12(19)6-4-11/h3-6,9-10,13,27H,7-8H2,1-2H3/t10-,13-/m0/s1. The minimum absolute atomic E-state index is 0.00621. The van der Waals surface area contributed by atoms with E-state index in [0.29, 0.717) is 10.6 Å². The maximum absolute atomic E-state index is 12.8. The number of aromatic nitrogens is 6. The van der Waals surface area contributed by atoms with Crippen LogP contribution in [0.25, 0.3) is 0 Å². The lowest BCUT2D eigenvalue weighted by atomic mass is 10.1. The molecule has 1 amide bonds. The third-order valence-corrected chi connectivity index (χ3v) is 4.93. The van der Waals surface area contributed by atoms with Crippen LogP contribution in [0.1, 0.15) is 24.4 Å². The number of amides is 1. The lowest BCUT2D eigenvalue weighted by Gasteiger charge is -2.28. The number of aliphatic hydroxyl groups excluding tert-OH is 1. The van der Waals surface area contributed by atoms with Gasteiger partial charge in [-0.1, -0.05) is 23.7 Å². The first-order chi connectivity index (χ1) is 14.3. The lowest BCUT2D eigenvalue weighted by molar-refractivity contribution is -0.125. The third kappa shape index (κ3) is 3.76. The SMILES string of the molecule is C[C@@H]1Oc2ncn(Cc3nnn(C[C@H](O)c4ccc(Cl)cc4)n3)c(=O)c2N(C)C1=O. The molecular weight excluding hydrogens is 414 g/mol. The van der Waals surface area contributed by atoms with Crippen LogP contribution in [-0.2, 0) is 17.9 Å². The molecule has 3 aromatic rings. The van der Waals surface area contributed by atoms with Crippen LogP contribution < -0.4 is 15.2 Å². The molecule has 11 nitrogen and oxygen atoms in total. The van der Waals surface area contributed by atoms with Crippen LogP contribution in [-0.4, -0.2) is 53.9 Å². The average Bonchev–Trinajstić information content (AvgIpc) is 3.15. The minimum atomic E-state index is -0.851. The van der Waals surface area contributed by atoms with E-state index in [0.717, 1.165) is 0 Å². The van der Waals surface area contributed by atoms with Crippen molar-refractivity contribution in [1.82, 2.24) is 29.8 Å². The number of ether oxygens (including phenoxy) is 1. The van der Waals surface area contributed by atoms with Gasteiger partial charge in [-0.2, -0.15) is 4.80 Å². The number of aliphatic hydroxyl groups is 1. The Kier molecular flexibility index (Phi) is 5.22. The van der Waals surface area contributed by atoms with Crippen LogP contribution in [0.3, 0.4) is 0 Å². The minimum Gasteiger partial charge on any atom is -0.463 e. The number of benzene rings is 1. The van der Waals surface area contributed by atoms with E-state index >= 15 is 0 Å². The van der Waals surface area contributed by atoms with E-state index in [1.54, 1.807) is 31.2 Å². The van der Waals surface area contributed by atoms with Gasteiger partial charge in [-0.25, -0.2) is 4.98 Å². The predicted molar refractivity (Wildman–Crippen MR) is 105 cm³/mol. The number of fused-ring (bicyclic) bond motifs is 1. The van der Waals surface area contributed by atoms with Gasteiger partial charge in [0, 0.05) is 12.1 Å². The summed E-state index contributed by atoms with van der Waals surface area (Å²) >= 11 is 5.85. The maximum atomic E-state index is 12.8. The largest absolute Gasteiger partial charge is 0.463 e. The van der Waals surface area contributed by atoms with Crippen LogP contribution in [0.2, 0.25) is 5.02 Å². The number of carbonyl (C=O) groups excluding carboxylic acids is 1. The van der Waals surface area contributed by atoms with Crippen LogP contribution in [0.5, 0.6) is 5.88 Å². The van der Waals surface area contributed by atoms with Crippen LogP contribution in [0.15, 0.2) is 35.4 Å². The van der Waals surface area contributed by atoms with E-state index in [4.69, 9.17) is 16.3 Å². The van der Waals surface area contributed by atoms with Crippen LogP contribution in [0.4, 0.5) is 5.69 Å². The Hall–Kier alpha value is -3.31. The Morgan fingerprint density at radius 1 is 1.27 bits per heavy atom. The molecule has 0 unspecified atom stereocenters. The number of hydrogen-bond acceptors (Lipinski definition) is 8. The fourth-order valence-corrected chi connectivity index (χ4v) is 3.19. The third-order valence-electron chi connectivity index (χ3n) is 4.68. The summed E-state index contributed by atoms with van der Waals surface area (Å²) in [6.07, 6.45) is -0.254. The van der Waals surface area contributed by atoms with Crippen molar-refractivity contribution in [3.05, 3.63) is 57.4 Å². The van der Waals surface area contributed by atoms with Gasteiger partial charge in [0.1, 0.15) is 12.4 Å². The van der Waals surface area contributed by atoms with Crippen molar-refractivity contribution in [3.8, 4) is 5.88 Å². The quantitative estimate of drug-likeness (QED) is 0.615. The van der Waals surface area contributed by atoms with Crippen molar-refractivity contribution < 1.29 is 14.6 Å². The molecule has 1 aliphatic rings. The smallest absolute Gasteiger partial charge is 0.281 e.